The number of halogens is 1. The maximum absolute atomic E-state index is 12.1. The smallest absolute Gasteiger partial charge is 0.262 e. The average Bonchev–Trinajstić information content (AvgIpc) is 2.99. The van der Waals surface area contributed by atoms with Crippen LogP contribution in [0.15, 0.2) is 75.6 Å². The van der Waals surface area contributed by atoms with Gasteiger partial charge in [0.2, 0.25) is 0 Å². The number of anilines is 1. The number of nitrogens with one attached hydrogen (secondary N) is 1. The van der Waals surface area contributed by atoms with Crippen molar-refractivity contribution in [3.63, 3.8) is 0 Å². The molecule has 1 amide bonds. The van der Waals surface area contributed by atoms with E-state index in [1.54, 1.807) is 12.1 Å². The Balaban J connectivity index is 1.47. The lowest BCUT2D eigenvalue weighted by atomic mass is 10.1. The molecule has 0 aliphatic carbocycles. The van der Waals surface area contributed by atoms with Gasteiger partial charge in [0, 0.05) is 27.0 Å². The highest BCUT2D eigenvalue weighted by atomic mass is 79.9. The first-order valence-electron chi connectivity index (χ1n) is 7.78. The molecule has 1 N–H and O–H groups in total. The van der Waals surface area contributed by atoms with Gasteiger partial charge in [0.25, 0.3) is 5.91 Å². The number of furan rings is 1. The van der Waals surface area contributed by atoms with E-state index in [1.807, 2.05) is 54.6 Å². The molecule has 4 nitrogen and oxygen atoms in total. The van der Waals surface area contributed by atoms with Crippen LogP contribution in [0.4, 0.5) is 5.69 Å². The van der Waals surface area contributed by atoms with E-state index >= 15 is 0 Å². The van der Waals surface area contributed by atoms with E-state index in [-0.39, 0.29) is 12.5 Å². The van der Waals surface area contributed by atoms with E-state index in [4.69, 9.17) is 9.15 Å². The van der Waals surface area contributed by atoms with Gasteiger partial charge in [-0.2, -0.15) is 0 Å². The van der Waals surface area contributed by atoms with Gasteiger partial charge in [-0.15, -0.1) is 0 Å². The number of hydrogen-bond acceptors (Lipinski definition) is 3. The van der Waals surface area contributed by atoms with Crippen molar-refractivity contribution in [1.82, 2.24) is 0 Å². The van der Waals surface area contributed by atoms with E-state index in [2.05, 4.69) is 21.2 Å². The van der Waals surface area contributed by atoms with Crippen LogP contribution in [0.2, 0.25) is 0 Å². The van der Waals surface area contributed by atoms with Crippen LogP contribution < -0.4 is 10.1 Å². The van der Waals surface area contributed by atoms with Crippen molar-refractivity contribution in [2.45, 2.75) is 0 Å². The highest BCUT2D eigenvalue weighted by Gasteiger charge is 2.09. The summed E-state index contributed by atoms with van der Waals surface area (Å²) in [5.41, 5.74) is 2.25. The highest BCUT2D eigenvalue weighted by Crippen LogP contribution is 2.30. The van der Waals surface area contributed by atoms with Crippen LogP contribution in [0, 0.1) is 0 Å². The summed E-state index contributed by atoms with van der Waals surface area (Å²) in [6.07, 6.45) is 0. The van der Waals surface area contributed by atoms with Crippen LogP contribution in [-0.2, 0) is 4.79 Å². The summed E-state index contributed by atoms with van der Waals surface area (Å²) in [7, 11) is 0. The monoisotopic (exact) mass is 395 g/mol. The van der Waals surface area contributed by atoms with Crippen molar-refractivity contribution >= 4 is 49.5 Å². The van der Waals surface area contributed by atoms with Crippen LogP contribution in [-0.4, -0.2) is 12.5 Å². The first-order chi connectivity index (χ1) is 12.2. The minimum atomic E-state index is -0.224. The van der Waals surface area contributed by atoms with Crippen LogP contribution in [0.1, 0.15) is 0 Å². The van der Waals surface area contributed by atoms with Crippen molar-refractivity contribution in [2.75, 3.05) is 11.9 Å². The van der Waals surface area contributed by atoms with E-state index in [0.29, 0.717) is 11.4 Å². The molecule has 4 rings (SSSR count). The van der Waals surface area contributed by atoms with Crippen LogP contribution in [0.3, 0.4) is 0 Å². The summed E-state index contributed by atoms with van der Waals surface area (Å²) in [6.45, 7) is -0.0558. The first-order valence-corrected chi connectivity index (χ1v) is 8.58. The summed E-state index contributed by atoms with van der Waals surface area (Å²) < 4.78 is 12.3. The SMILES string of the molecule is O=C(COc1ccc(Br)cc1)Nc1ccc2c(c1)oc1ccccc12. The van der Waals surface area contributed by atoms with Crippen LogP contribution in [0.25, 0.3) is 21.9 Å². The molecule has 5 heteroatoms. The maximum Gasteiger partial charge on any atom is 0.262 e. The van der Waals surface area contributed by atoms with Gasteiger partial charge >= 0.3 is 0 Å². The Kier molecular flexibility index (Phi) is 4.15. The minimum absolute atomic E-state index is 0.0558. The van der Waals surface area contributed by atoms with Crippen LogP contribution in [0.5, 0.6) is 5.75 Å². The number of rotatable bonds is 4. The molecule has 0 unspecified atom stereocenters. The second-order valence-corrected chi connectivity index (χ2v) is 6.52. The molecule has 1 aromatic heterocycles. The summed E-state index contributed by atoms with van der Waals surface area (Å²) >= 11 is 3.36. The maximum atomic E-state index is 12.1. The Morgan fingerprint density at radius 1 is 0.960 bits per heavy atom. The molecule has 1 heterocycles. The lowest BCUT2D eigenvalue weighted by Crippen LogP contribution is -2.20. The zero-order chi connectivity index (χ0) is 17.2. The molecule has 0 fully saturated rings. The number of fused-ring (bicyclic) bond motifs is 3. The summed E-state index contributed by atoms with van der Waals surface area (Å²) in [4.78, 5) is 12.1. The van der Waals surface area contributed by atoms with Crippen molar-refractivity contribution in [3.05, 3.63) is 71.2 Å². The standard InChI is InChI=1S/C20H14BrNO3/c21-13-5-8-15(9-6-13)24-12-20(23)22-14-7-10-17-16-3-1-2-4-18(16)25-19(17)11-14/h1-11H,12H2,(H,22,23). The molecule has 0 saturated carbocycles. The summed E-state index contributed by atoms with van der Waals surface area (Å²) in [6, 6.07) is 20.8. The van der Waals surface area contributed by atoms with Gasteiger partial charge in [0.15, 0.2) is 6.61 Å². The van der Waals surface area contributed by atoms with Crippen LogP contribution >= 0.6 is 15.9 Å². The molecule has 0 spiro atoms. The fourth-order valence-corrected chi connectivity index (χ4v) is 2.94. The Hall–Kier alpha value is -2.79. The van der Waals surface area contributed by atoms with Gasteiger partial charge in [-0.25, -0.2) is 0 Å². The summed E-state index contributed by atoms with van der Waals surface area (Å²) in [5, 5.41) is 4.92. The predicted octanol–water partition coefficient (Wildman–Crippen LogP) is 5.37. The largest absolute Gasteiger partial charge is 0.484 e. The van der Waals surface area contributed by atoms with Gasteiger partial charge in [-0.1, -0.05) is 34.1 Å². The van der Waals surface area contributed by atoms with Gasteiger partial charge < -0.3 is 14.5 Å². The molecule has 0 aliphatic heterocycles. The van der Waals surface area contributed by atoms with E-state index < -0.39 is 0 Å². The van der Waals surface area contributed by atoms with Crippen molar-refractivity contribution < 1.29 is 13.9 Å². The van der Waals surface area contributed by atoms with Gasteiger partial charge in [-0.3, -0.25) is 4.79 Å². The Labute approximate surface area is 152 Å². The van der Waals surface area contributed by atoms with E-state index in [1.165, 1.54) is 0 Å². The molecule has 0 aliphatic rings. The third-order valence-corrected chi connectivity index (χ3v) is 4.37. The fraction of sp³-hybridized carbons (Fsp3) is 0.0500. The van der Waals surface area contributed by atoms with Gasteiger partial charge in [0.1, 0.15) is 16.9 Å². The Morgan fingerprint density at radius 3 is 2.56 bits per heavy atom. The molecule has 124 valence electrons. The van der Waals surface area contributed by atoms with E-state index in [0.717, 1.165) is 26.4 Å². The third kappa shape index (κ3) is 3.37. The summed E-state index contributed by atoms with van der Waals surface area (Å²) in [5.74, 6) is 0.421. The van der Waals surface area contributed by atoms with Crippen molar-refractivity contribution in [2.24, 2.45) is 0 Å². The lowest BCUT2D eigenvalue weighted by molar-refractivity contribution is -0.118. The number of carbonyl (C=O) groups is 1. The van der Waals surface area contributed by atoms with Crippen molar-refractivity contribution in [1.29, 1.82) is 0 Å². The normalized spacial score (nSPS) is 10.9. The predicted molar refractivity (Wildman–Crippen MR) is 102 cm³/mol. The van der Waals surface area contributed by atoms with Crippen molar-refractivity contribution in [3.8, 4) is 5.75 Å². The average molecular weight is 396 g/mol. The molecule has 25 heavy (non-hydrogen) atoms. The van der Waals surface area contributed by atoms with Gasteiger partial charge in [-0.05, 0) is 42.5 Å². The molecule has 4 aromatic rings. The second kappa shape index (κ2) is 6.61. The molecule has 0 atom stereocenters. The molecule has 0 bridgehead atoms. The third-order valence-electron chi connectivity index (χ3n) is 3.85. The number of ether oxygens (including phenoxy) is 1. The minimum Gasteiger partial charge on any atom is -0.484 e. The topological polar surface area (TPSA) is 51.5 Å². The number of benzene rings is 3. The molecule has 3 aromatic carbocycles. The molecular formula is C20H14BrNO3. The highest BCUT2D eigenvalue weighted by molar-refractivity contribution is 9.10. The van der Waals surface area contributed by atoms with Gasteiger partial charge in [0.05, 0.1) is 0 Å². The number of amides is 1. The Morgan fingerprint density at radius 2 is 1.72 bits per heavy atom. The number of carbonyl (C=O) groups excluding carboxylic acids is 1. The number of hydrogen-bond donors (Lipinski definition) is 1. The lowest BCUT2D eigenvalue weighted by Gasteiger charge is -2.07. The number of para-hydroxylation sites is 1. The first kappa shape index (κ1) is 15.7. The zero-order valence-corrected chi connectivity index (χ0v) is 14.7. The Bertz CT molecular complexity index is 1050. The fourth-order valence-electron chi connectivity index (χ4n) is 2.68. The second-order valence-electron chi connectivity index (χ2n) is 5.60. The molecular weight excluding hydrogens is 382 g/mol. The quantitative estimate of drug-likeness (QED) is 0.505. The van der Waals surface area contributed by atoms with E-state index in [9.17, 15) is 4.79 Å². The molecule has 0 saturated heterocycles. The molecule has 0 radical (unpaired) electrons. The zero-order valence-electron chi connectivity index (χ0n) is 13.2.